The van der Waals surface area contributed by atoms with Gasteiger partial charge in [0.25, 0.3) is 0 Å². The fourth-order valence-corrected chi connectivity index (χ4v) is 1.95. The van der Waals surface area contributed by atoms with E-state index in [1.165, 1.54) is 0 Å². The van der Waals surface area contributed by atoms with Crippen LogP contribution in [-0.4, -0.2) is 30.3 Å². The molecular formula is C18H29ClN2O4. The maximum atomic E-state index is 11.8. The van der Waals surface area contributed by atoms with Crippen LogP contribution in [0.25, 0.3) is 0 Å². The number of hydrogen-bond acceptors (Lipinski definition) is 5. The zero-order chi connectivity index (χ0) is 18.0. The van der Waals surface area contributed by atoms with E-state index in [-0.39, 0.29) is 19.0 Å². The first-order valence-corrected chi connectivity index (χ1v) is 8.21. The number of amides is 1. The fourth-order valence-electron chi connectivity index (χ4n) is 1.95. The Balaban J connectivity index is 0.00000576. The maximum Gasteiger partial charge on any atom is 0.407 e. The molecule has 0 saturated heterocycles. The lowest BCUT2D eigenvalue weighted by Crippen LogP contribution is -2.34. The van der Waals surface area contributed by atoms with Gasteiger partial charge in [-0.3, -0.25) is 4.79 Å². The van der Waals surface area contributed by atoms with E-state index in [9.17, 15) is 9.59 Å². The smallest absolute Gasteiger partial charge is 0.407 e. The van der Waals surface area contributed by atoms with Crippen LogP contribution in [0.4, 0.5) is 4.79 Å². The van der Waals surface area contributed by atoms with Crippen molar-refractivity contribution in [2.45, 2.75) is 58.3 Å². The molecule has 0 unspecified atom stereocenters. The Labute approximate surface area is 155 Å². The predicted octanol–water partition coefficient (Wildman–Crippen LogP) is 3.17. The van der Waals surface area contributed by atoms with E-state index in [1.54, 1.807) is 0 Å². The Hall–Kier alpha value is -1.79. The van der Waals surface area contributed by atoms with E-state index >= 15 is 0 Å². The summed E-state index contributed by atoms with van der Waals surface area (Å²) >= 11 is 0. The molecule has 7 heteroatoms. The van der Waals surface area contributed by atoms with Gasteiger partial charge in [0.2, 0.25) is 0 Å². The second-order valence-electron chi connectivity index (χ2n) is 6.62. The first kappa shape index (κ1) is 23.2. The average Bonchev–Trinajstić information content (AvgIpc) is 2.51. The number of nitrogens with one attached hydrogen (secondary N) is 1. The molecule has 0 bridgehead atoms. The van der Waals surface area contributed by atoms with Crippen LogP contribution < -0.4 is 11.1 Å². The average molecular weight is 373 g/mol. The summed E-state index contributed by atoms with van der Waals surface area (Å²) in [6.07, 6.45) is 1.52. The van der Waals surface area contributed by atoms with E-state index < -0.39 is 23.7 Å². The summed E-state index contributed by atoms with van der Waals surface area (Å²) in [4.78, 5) is 23.3. The van der Waals surface area contributed by atoms with Crippen LogP contribution in [0.2, 0.25) is 0 Å². The Morgan fingerprint density at radius 2 is 1.80 bits per heavy atom. The van der Waals surface area contributed by atoms with Gasteiger partial charge in [0.15, 0.2) is 0 Å². The minimum absolute atomic E-state index is 0. The molecule has 1 rings (SSSR count). The molecule has 0 radical (unpaired) electrons. The number of nitrogens with two attached hydrogens (primary N) is 1. The molecule has 25 heavy (non-hydrogen) atoms. The molecule has 1 aromatic rings. The summed E-state index contributed by atoms with van der Waals surface area (Å²) in [5.41, 5.74) is 6.25. The van der Waals surface area contributed by atoms with E-state index in [0.717, 1.165) is 18.4 Å². The van der Waals surface area contributed by atoms with Crippen LogP contribution in [-0.2, 0) is 20.9 Å². The van der Waals surface area contributed by atoms with Gasteiger partial charge in [-0.1, -0.05) is 30.3 Å². The molecule has 1 aromatic carbocycles. The standard InChI is InChI=1S/C18H28N2O4.ClH/c1-18(2,3)24-17(22)20-12-8-7-11-15(19)16(21)23-13-14-9-5-4-6-10-14;/h4-6,9-10,15H,7-8,11-13,19H2,1-3H3,(H,20,22);1H/t15-;/m0./s1. The Kier molecular flexibility index (Phi) is 10.9. The second-order valence-corrected chi connectivity index (χ2v) is 6.62. The van der Waals surface area contributed by atoms with E-state index in [2.05, 4.69) is 5.32 Å². The highest BCUT2D eigenvalue weighted by Gasteiger charge is 2.16. The molecule has 1 amide bonds. The third-order valence-corrected chi connectivity index (χ3v) is 3.14. The van der Waals surface area contributed by atoms with Gasteiger partial charge in [0, 0.05) is 6.54 Å². The third kappa shape index (κ3) is 11.4. The number of esters is 1. The van der Waals surface area contributed by atoms with Gasteiger partial charge in [-0.2, -0.15) is 0 Å². The maximum absolute atomic E-state index is 11.8. The summed E-state index contributed by atoms with van der Waals surface area (Å²) < 4.78 is 10.3. The van der Waals surface area contributed by atoms with Crippen LogP contribution in [0.5, 0.6) is 0 Å². The molecule has 0 heterocycles. The molecule has 142 valence electrons. The van der Waals surface area contributed by atoms with Crippen molar-refractivity contribution in [3.8, 4) is 0 Å². The Morgan fingerprint density at radius 3 is 2.40 bits per heavy atom. The molecule has 3 N–H and O–H groups in total. The second kappa shape index (κ2) is 11.7. The number of alkyl carbamates (subject to hydrolysis) is 1. The van der Waals surface area contributed by atoms with Crippen molar-refractivity contribution >= 4 is 24.5 Å². The monoisotopic (exact) mass is 372 g/mol. The quantitative estimate of drug-likeness (QED) is 0.540. The lowest BCUT2D eigenvalue weighted by atomic mass is 10.1. The normalized spacial score (nSPS) is 11.8. The van der Waals surface area contributed by atoms with Gasteiger partial charge in [-0.25, -0.2) is 4.79 Å². The van der Waals surface area contributed by atoms with Crippen molar-refractivity contribution < 1.29 is 19.1 Å². The molecule has 0 aliphatic rings. The number of carbonyl (C=O) groups excluding carboxylic acids is 2. The highest BCUT2D eigenvalue weighted by molar-refractivity contribution is 5.85. The highest BCUT2D eigenvalue weighted by atomic mass is 35.5. The molecular weight excluding hydrogens is 344 g/mol. The predicted molar refractivity (Wildman–Crippen MR) is 99.5 cm³/mol. The van der Waals surface area contributed by atoms with Crippen LogP contribution in [0.1, 0.15) is 45.6 Å². The van der Waals surface area contributed by atoms with Gasteiger partial charge < -0.3 is 20.5 Å². The topological polar surface area (TPSA) is 90.6 Å². The van der Waals surface area contributed by atoms with Crippen molar-refractivity contribution in [1.29, 1.82) is 0 Å². The molecule has 0 aliphatic heterocycles. The zero-order valence-corrected chi connectivity index (χ0v) is 15.9. The lowest BCUT2D eigenvalue weighted by molar-refractivity contribution is -0.146. The first-order valence-electron chi connectivity index (χ1n) is 8.21. The van der Waals surface area contributed by atoms with Crippen molar-refractivity contribution in [2.24, 2.45) is 5.73 Å². The van der Waals surface area contributed by atoms with Crippen LogP contribution >= 0.6 is 12.4 Å². The highest BCUT2D eigenvalue weighted by Crippen LogP contribution is 2.07. The molecule has 0 aromatic heterocycles. The lowest BCUT2D eigenvalue weighted by Gasteiger charge is -2.19. The molecule has 0 saturated carbocycles. The SMILES string of the molecule is CC(C)(C)OC(=O)NCCCC[C@H](N)C(=O)OCc1ccccc1.Cl. The van der Waals surface area contributed by atoms with Crippen LogP contribution in [0.15, 0.2) is 30.3 Å². The summed E-state index contributed by atoms with van der Waals surface area (Å²) in [6.45, 7) is 6.15. The van der Waals surface area contributed by atoms with Gasteiger partial charge in [-0.15, -0.1) is 12.4 Å². The zero-order valence-electron chi connectivity index (χ0n) is 15.1. The number of ether oxygens (including phenoxy) is 2. The number of carbonyl (C=O) groups is 2. The van der Waals surface area contributed by atoms with Crippen molar-refractivity contribution in [3.63, 3.8) is 0 Å². The van der Waals surface area contributed by atoms with Gasteiger partial charge >= 0.3 is 12.1 Å². The van der Waals surface area contributed by atoms with E-state index in [1.807, 2.05) is 51.1 Å². The Morgan fingerprint density at radius 1 is 1.16 bits per heavy atom. The van der Waals surface area contributed by atoms with Gasteiger partial charge in [0.1, 0.15) is 18.2 Å². The summed E-state index contributed by atoms with van der Waals surface area (Å²) in [5.74, 6) is -0.404. The van der Waals surface area contributed by atoms with E-state index in [4.69, 9.17) is 15.2 Å². The van der Waals surface area contributed by atoms with Crippen LogP contribution in [0, 0.1) is 0 Å². The number of rotatable bonds is 8. The fraction of sp³-hybridized carbons (Fsp3) is 0.556. The number of hydrogen-bond donors (Lipinski definition) is 2. The summed E-state index contributed by atoms with van der Waals surface area (Å²) in [6, 6.07) is 8.82. The number of unbranched alkanes of at least 4 members (excludes halogenated alkanes) is 1. The molecule has 1 atom stereocenters. The largest absolute Gasteiger partial charge is 0.460 e. The third-order valence-electron chi connectivity index (χ3n) is 3.14. The minimum Gasteiger partial charge on any atom is -0.460 e. The summed E-state index contributed by atoms with van der Waals surface area (Å²) in [7, 11) is 0. The summed E-state index contributed by atoms with van der Waals surface area (Å²) in [5, 5.41) is 2.67. The molecule has 0 fully saturated rings. The van der Waals surface area contributed by atoms with E-state index in [0.29, 0.717) is 13.0 Å². The van der Waals surface area contributed by atoms with Gasteiger partial charge in [0.05, 0.1) is 0 Å². The number of benzene rings is 1. The van der Waals surface area contributed by atoms with Crippen LogP contribution in [0.3, 0.4) is 0 Å². The van der Waals surface area contributed by atoms with Crippen molar-refractivity contribution in [2.75, 3.05) is 6.54 Å². The van der Waals surface area contributed by atoms with Crippen molar-refractivity contribution in [3.05, 3.63) is 35.9 Å². The Bertz CT molecular complexity index is 518. The molecule has 6 nitrogen and oxygen atoms in total. The minimum atomic E-state index is -0.643. The van der Waals surface area contributed by atoms with Crippen molar-refractivity contribution in [1.82, 2.24) is 5.32 Å². The molecule has 0 aliphatic carbocycles. The number of halogens is 1. The first-order chi connectivity index (χ1) is 11.3. The molecule has 0 spiro atoms. The van der Waals surface area contributed by atoms with Gasteiger partial charge in [-0.05, 0) is 45.6 Å².